The summed E-state index contributed by atoms with van der Waals surface area (Å²) in [5.74, 6) is -1.41. The van der Waals surface area contributed by atoms with Gasteiger partial charge in [-0.3, -0.25) is 14.6 Å². The number of fused-ring (bicyclic) bond motifs is 3. The molecule has 3 heterocycles. The van der Waals surface area contributed by atoms with E-state index < -0.39 is 23.3 Å². The maximum atomic E-state index is 15.9. The molecule has 1 saturated heterocycles. The van der Waals surface area contributed by atoms with Gasteiger partial charge in [-0.25, -0.2) is 13.2 Å². The van der Waals surface area contributed by atoms with Crippen molar-refractivity contribution in [3.63, 3.8) is 0 Å². The number of ether oxygens (including phenoxy) is 2. The van der Waals surface area contributed by atoms with Crippen LogP contribution in [0.5, 0.6) is 5.75 Å². The molecule has 2 aliphatic rings. The number of benzene rings is 2. The molecule has 1 fully saturated rings. The van der Waals surface area contributed by atoms with Crippen LogP contribution in [-0.2, 0) is 16.0 Å². The number of alkyl halides is 1. The molecule has 7 nitrogen and oxygen atoms in total. The largest absolute Gasteiger partial charge is 0.493 e. The zero-order chi connectivity index (χ0) is 32.1. The first-order valence-corrected chi connectivity index (χ1v) is 16.3. The molecule has 10 heteroatoms. The maximum absolute atomic E-state index is 15.9. The minimum atomic E-state index is -1.55. The lowest BCUT2D eigenvalue weighted by molar-refractivity contribution is -0.144. The van der Waals surface area contributed by atoms with Crippen LogP contribution in [0, 0.1) is 11.6 Å². The van der Waals surface area contributed by atoms with Crippen molar-refractivity contribution in [2.45, 2.75) is 71.1 Å². The van der Waals surface area contributed by atoms with Gasteiger partial charge in [-0.1, -0.05) is 18.2 Å². The van der Waals surface area contributed by atoms with Gasteiger partial charge >= 0.3 is 5.97 Å². The number of aromatic amines is 1. The fourth-order valence-electron chi connectivity index (χ4n) is 6.77. The number of nitrogens with zero attached hydrogens (tertiary/aromatic N) is 3. The number of unbranched alkanes of at least 4 members (excludes halogenated alkanes) is 2. The lowest BCUT2D eigenvalue weighted by Crippen LogP contribution is -2.48. The number of H-pyrrole nitrogens is 1. The van der Waals surface area contributed by atoms with Gasteiger partial charge in [0, 0.05) is 73.1 Å². The molecule has 5 rings (SSSR count). The molecule has 0 amide bonds. The van der Waals surface area contributed by atoms with Gasteiger partial charge in [0.05, 0.1) is 25.8 Å². The van der Waals surface area contributed by atoms with Gasteiger partial charge in [0.25, 0.3) is 0 Å². The van der Waals surface area contributed by atoms with Crippen LogP contribution in [0.2, 0.25) is 0 Å². The van der Waals surface area contributed by atoms with E-state index >= 15 is 13.2 Å². The topological polar surface area (TPSA) is 61.0 Å². The summed E-state index contributed by atoms with van der Waals surface area (Å²) in [5.41, 5.74) is 0.996. The molecule has 1 N–H and O–H groups in total. The summed E-state index contributed by atoms with van der Waals surface area (Å²) in [5, 5.41) is 1.03. The summed E-state index contributed by atoms with van der Waals surface area (Å²) in [6.45, 7) is 12.4. The van der Waals surface area contributed by atoms with Crippen molar-refractivity contribution < 1.29 is 27.4 Å². The Morgan fingerprint density at radius 2 is 1.71 bits per heavy atom. The summed E-state index contributed by atoms with van der Waals surface area (Å²) in [4.78, 5) is 21.5. The van der Waals surface area contributed by atoms with E-state index in [1.807, 2.05) is 43.0 Å². The second-order valence-electron chi connectivity index (χ2n) is 13.0. The molecule has 246 valence electrons. The third kappa shape index (κ3) is 8.20. The number of carbonyl (C=O) groups is 1. The highest BCUT2D eigenvalue weighted by Crippen LogP contribution is 2.43. The van der Waals surface area contributed by atoms with Crippen molar-refractivity contribution in [1.82, 2.24) is 19.7 Å². The molecule has 2 atom stereocenters. The van der Waals surface area contributed by atoms with Crippen molar-refractivity contribution >= 4 is 16.9 Å². The van der Waals surface area contributed by atoms with E-state index in [-0.39, 0.29) is 29.9 Å². The van der Waals surface area contributed by atoms with Crippen LogP contribution in [0.25, 0.3) is 10.9 Å². The van der Waals surface area contributed by atoms with Gasteiger partial charge in [0.2, 0.25) is 0 Å². The number of rotatable bonds is 13. The van der Waals surface area contributed by atoms with Gasteiger partial charge < -0.3 is 19.4 Å². The highest BCUT2D eigenvalue weighted by atomic mass is 19.1. The summed E-state index contributed by atoms with van der Waals surface area (Å²) in [6, 6.07) is 9.45. The number of hydrogen-bond donors (Lipinski definition) is 1. The number of para-hydroxylation sites is 1. The van der Waals surface area contributed by atoms with Crippen LogP contribution in [-0.4, -0.2) is 96.4 Å². The maximum Gasteiger partial charge on any atom is 0.320 e. The van der Waals surface area contributed by atoms with Crippen molar-refractivity contribution in [2.24, 2.45) is 0 Å². The molecule has 2 aromatic carbocycles. The molecule has 3 aromatic rings. The number of carbonyl (C=O) groups excluding carboxylic acids is 1. The normalized spacial score (nSPS) is 20.0. The Morgan fingerprint density at radius 1 is 1.02 bits per heavy atom. The smallest absolute Gasteiger partial charge is 0.320 e. The van der Waals surface area contributed by atoms with Gasteiger partial charge in [-0.05, 0) is 71.6 Å². The van der Waals surface area contributed by atoms with E-state index in [0.717, 1.165) is 68.5 Å². The van der Waals surface area contributed by atoms with Crippen molar-refractivity contribution in [2.75, 3.05) is 59.0 Å². The Bertz CT molecular complexity index is 1420. The lowest BCUT2D eigenvalue weighted by Gasteiger charge is -2.43. The summed E-state index contributed by atoms with van der Waals surface area (Å²) >= 11 is 0. The third-order valence-electron chi connectivity index (χ3n) is 8.91. The first-order chi connectivity index (χ1) is 21.5. The van der Waals surface area contributed by atoms with E-state index in [4.69, 9.17) is 9.47 Å². The summed E-state index contributed by atoms with van der Waals surface area (Å²) in [6.07, 6.45) is 3.35. The van der Waals surface area contributed by atoms with E-state index in [0.29, 0.717) is 31.9 Å². The number of aromatic nitrogens is 1. The molecule has 45 heavy (non-hydrogen) atoms. The Hall–Kier alpha value is -3.08. The van der Waals surface area contributed by atoms with Gasteiger partial charge in [-0.15, -0.1) is 0 Å². The second kappa shape index (κ2) is 14.6. The third-order valence-corrected chi connectivity index (χ3v) is 8.91. The standard InChI is InChI=1S/C35H47F3N4O3/c1-5-44-31(43)22-41-16-14-40(15-17-41)13-9-6-10-18-45-25-20-28(36)32(29(37)21-25)34-33-27(26-11-7-8-12-30(26)39-33)19-24(2)42(34)23-35(3,4)38/h7-8,11-12,20-21,24,34,39H,5-6,9-10,13-19,22-23H2,1-4H3/t24-,34-/m1/s1. The van der Waals surface area contributed by atoms with Crippen molar-refractivity contribution in [1.29, 1.82) is 0 Å². The van der Waals surface area contributed by atoms with Crippen molar-refractivity contribution in [3.8, 4) is 5.75 Å². The Balaban J connectivity index is 1.18. The summed E-state index contributed by atoms with van der Waals surface area (Å²) in [7, 11) is 0. The number of esters is 1. The average Bonchev–Trinajstić information content (AvgIpc) is 3.34. The average molecular weight is 629 g/mol. The second-order valence-corrected chi connectivity index (χ2v) is 13.0. The summed E-state index contributed by atoms with van der Waals surface area (Å²) < 4.78 is 57.6. The molecule has 0 radical (unpaired) electrons. The predicted octanol–water partition coefficient (Wildman–Crippen LogP) is 6.26. The van der Waals surface area contributed by atoms with E-state index in [2.05, 4.69) is 14.8 Å². The van der Waals surface area contributed by atoms with E-state index in [1.165, 1.54) is 26.0 Å². The van der Waals surface area contributed by atoms with Crippen LogP contribution in [0.1, 0.15) is 69.8 Å². The number of hydrogen-bond acceptors (Lipinski definition) is 6. The molecular formula is C35H47F3N4O3. The lowest BCUT2D eigenvalue weighted by atomic mass is 9.87. The van der Waals surface area contributed by atoms with Crippen molar-refractivity contribution in [3.05, 3.63) is 64.9 Å². The minimum absolute atomic E-state index is 0.0358. The highest BCUT2D eigenvalue weighted by molar-refractivity contribution is 5.85. The van der Waals surface area contributed by atoms with Gasteiger partial charge in [0.15, 0.2) is 0 Å². The highest BCUT2D eigenvalue weighted by Gasteiger charge is 2.41. The molecule has 1 aromatic heterocycles. The molecule has 2 aliphatic heterocycles. The van der Waals surface area contributed by atoms with Gasteiger partial charge in [-0.2, -0.15) is 0 Å². The Morgan fingerprint density at radius 3 is 2.40 bits per heavy atom. The fraction of sp³-hybridized carbons (Fsp3) is 0.571. The zero-order valence-electron chi connectivity index (χ0n) is 27.0. The minimum Gasteiger partial charge on any atom is -0.493 e. The Kier molecular flexibility index (Phi) is 10.8. The fourth-order valence-corrected chi connectivity index (χ4v) is 6.77. The molecule has 0 spiro atoms. The van der Waals surface area contributed by atoms with Crippen LogP contribution in [0.15, 0.2) is 36.4 Å². The van der Waals surface area contributed by atoms with Crippen LogP contribution in [0.3, 0.4) is 0 Å². The number of piperazine rings is 1. The predicted molar refractivity (Wildman–Crippen MR) is 170 cm³/mol. The number of halogens is 3. The molecule has 0 unspecified atom stereocenters. The Labute approximate surface area is 264 Å². The molecule has 0 bridgehead atoms. The molecule has 0 aliphatic carbocycles. The van der Waals surface area contributed by atoms with E-state index in [9.17, 15) is 4.79 Å². The van der Waals surface area contributed by atoms with E-state index in [1.54, 1.807) is 0 Å². The quantitative estimate of drug-likeness (QED) is 0.178. The monoisotopic (exact) mass is 628 g/mol. The van der Waals surface area contributed by atoms with Crippen LogP contribution in [0.4, 0.5) is 13.2 Å². The molecular weight excluding hydrogens is 581 g/mol. The van der Waals surface area contributed by atoms with Gasteiger partial charge in [0.1, 0.15) is 23.1 Å². The first-order valence-electron chi connectivity index (χ1n) is 16.3. The molecule has 0 saturated carbocycles. The van der Waals surface area contributed by atoms with Crippen LogP contribution >= 0.6 is 0 Å². The first kappa shape index (κ1) is 33.3. The SMILES string of the molecule is CCOC(=O)CN1CCN(CCCCCOc2cc(F)c([C@@H]3c4[nH]c5ccccc5c4C[C@@H](C)N3CC(C)(C)F)c(F)c2)CC1. The number of nitrogens with one attached hydrogen (secondary N) is 1. The zero-order valence-corrected chi connectivity index (χ0v) is 27.0. The van der Waals surface area contributed by atoms with Crippen LogP contribution < -0.4 is 4.74 Å².